The molecule has 6 nitrogen and oxygen atoms in total. The summed E-state index contributed by atoms with van der Waals surface area (Å²) in [5.41, 5.74) is 2.47. The summed E-state index contributed by atoms with van der Waals surface area (Å²) in [6, 6.07) is 8.38. The van der Waals surface area contributed by atoms with Crippen LogP contribution in [0.2, 0.25) is 0 Å². The molecule has 2 aromatic rings. The van der Waals surface area contributed by atoms with Gasteiger partial charge in [-0.3, -0.25) is 0 Å². The number of aryl methyl sites for hydroxylation is 1. The molecule has 1 aliphatic heterocycles. The van der Waals surface area contributed by atoms with E-state index in [1.54, 1.807) is 11.1 Å². The SMILES string of the molecule is Cc1ccc(N2CCN(C(=O)n3ccnn3)CC2)cc1. The van der Waals surface area contributed by atoms with Crippen molar-refractivity contribution in [2.75, 3.05) is 31.1 Å². The smallest absolute Gasteiger partial charge is 0.346 e. The molecule has 0 saturated carbocycles. The Morgan fingerprint density at radius 1 is 1.10 bits per heavy atom. The molecule has 1 aromatic heterocycles. The summed E-state index contributed by atoms with van der Waals surface area (Å²) in [4.78, 5) is 16.2. The minimum absolute atomic E-state index is 0.106. The molecule has 0 spiro atoms. The van der Waals surface area contributed by atoms with Crippen molar-refractivity contribution in [3.8, 4) is 0 Å². The van der Waals surface area contributed by atoms with E-state index in [1.165, 1.54) is 22.1 Å². The maximum absolute atomic E-state index is 12.1. The third kappa shape index (κ3) is 2.49. The number of nitrogens with zero attached hydrogens (tertiary/aromatic N) is 5. The molecule has 2 heterocycles. The van der Waals surface area contributed by atoms with Crippen LogP contribution >= 0.6 is 0 Å². The van der Waals surface area contributed by atoms with Crippen molar-refractivity contribution >= 4 is 11.7 Å². The summed E-state index contributed by atoms with van der Waals surface area (Å²) in [5, 5.41) is 7.40. The van der Waals surface area contributed by atoms with Crippen LogP contribution in [0.3, 0.4) is 0 Å². The normalized spacial score (nSPS) is 15.4. The highest BCUT2D eigenvalue weighted by molar-refractivity contribution is 5.76. The van der Waals surface area contributed by atoms with Crippen LogP contribution in [0.25, 0.3) is 0 Å². The van der Waals surface area contributed by atoms with E-state index in [0.29, 0.717) is 13.1 Å². The lowest BCUT2D eigenvalue weighted by atomic mass is 10.2. The van der Waals surface area contributed by atoms with Gasteiger partial charge in [-0.2, -0.15) is 4.68 Å². The van der Waals surface area contributed by atoms with Gasteiger partial charge >= 0.3 is 6.03 Å². The second-order valence-corrected chi connectivity index (χ2v) is 4.94. The van der Waals surface area contributed by atoms with E-state index >= 15 is 0 Å². The Morgan fingerprint density at radius 2 is 1.80 bits per heavy atom. The highest BCUT2D eigenvalue weighted by Crippen LogP contribution is 2.17. The number of hydrogen-bond acceptors (Lipinski definition) is 4. The van der Waals surface area contributed by atoms with E-state index in [-0.39, 0.29) is 6.03 Å². The number of amides is 1. The van der Waals surface area contributed by atoms with E-state index in [9.17, 15) is 4.79 Å². The molecule has 3 rings (SSSR count). The first-order chi connectivity index (χ1) is 9.74. The Morgan fingerprint density at radius 3 is 2.40 bits per heavy atom. The van der Waals surface area contributed by atoms with Crippen molar-refractivity contribution in [1.29, 1.82) is 0 Å². The number of carbonyl (C=O) groups is 1. The maximum Gasteiger partial charge on any atom is 0.346 e. The molecule has 0 bridgehead atoms. The molecule has 1 fully saturated rings. The number of aromatic nitrogens is 3. The number of piperazine rings is 1. The number of benzene rings is 1. The Hall–Kier alpha value is -2.37. The predicted octanol–water partition coefficient (Wildman–Crippen LogP) is 1.38. The molecule has 1 amide bonds. The fourth-order valence-electron chi connectivity index (χ4n) is 2.37. The molecule has 1 saturated heterocycles. The van der Waals surface area contributed by atoms with Crippen LogP contribution in [-0.2, 0) is 0 Å². The minimum Gasteiger partial charge on any atom is -0.368 e. The zero-order valence-corrected chi connectivity index (χ0v) is 11.4. The first kappa shape index (κ1) is 12.7. The molecule has 20 heavy (non-hydrogen) atoms. The molecule has 0 aliphatic carbocycles. The molecule has 1 aliphatic rings. The van der Waals surface area contributed by atoms with E-state index in [2.05, 4.69) is 46.4 Å². The molecule has 1 aromatic carbocycles. The summed E-state index contributed by atoms with van der Waals surface area (Å²) in [7, 11) is 0. The lowest BCUT2D eigenvalue weighted by molar-refractivity contribution is 0.192. The largest absolute Gasteiger partial charge is 0.368 e. The van der Waals surface area contributed by atoms with Gasteiger partial charge in [-0.15, -0.1) is 5.10 Å². The van der Waals surface area contributed by atoms with Gasteiger partial charge in [0.05, 0.1) is 12.4 Å². The lowest BCUT2D eigenvalue weighted by Crippen LogP contribution is -2.50. The minimum atomic E-state index is -0.106. The van der Waals surface area contributed by atoms with Gasteiger partial charge in [-0.25, -0.2) is 4.79 Å². The topological polar surface area (TPSA) is 54.3 Å². The van der Waals surface area contributed by atoms with E-state index in [1.807, 2.05) is 0 Å². The number of anilines is 1. The van der Waals surface area contributed by atoms with Gasteiger partial charge in [0.15, 0.2) is 0 Å². The highest BCUT2D eigenvalue weighted by Gasteiger charge is 2.22. The number of hydrogen-bond donors (Lipinski definition) is 0. The van der Waals surface area contributed by atoms with Crippen LogP contribution in [0.5, 0.6) is 0 Å². The zero-order valence-electron chi connectivity index (χ0n) is 11.4. The van der Waals surface area contributed by atoms with Crippen LogP contribution < -0.4 is 4.90 Å². The van der Waals surface area contributed by atoms with Gasteiger partial charge in [0.25, 0.3) is 0 Å². The quantitative estimate of drug-likeness (QED) is 0.786. The molecule has 104 valence electrons. The van der Waals surface area contributed by atoms with Crippen LogP contribution in [-0.4, -0.2) is 52.1 Å². The van der Waals surface area contributed by atoms with Gasteiger partial charge in [-0.1, -0.05) is 22.9 Å². The fraction of sp³-hybridized carbons (Fsp3) is 0.357. The van der Waals surface area contributed by atoms with Crippen molar-refractivity contribution in [3.05, 3.63) is 42.2 Å². The molecule has 0 atom stereocenters. The van der Waals surface area contributed by atoms with Crippen molar-refractivity contribution in [3.63, 3.8) is 0 Å². The van der Waals surface area contributed by atoms with Crippen LogP contribution in [0, 0.1) is 6.92 Å². The Balaban J connectivity index is 1.62. The fourth-order valence-corrected chi connectivity index (χ4v) is 2.37. The van der Waals surface area contributed by atoms with Crippen molar-refractivity contribution in [2.24, 2.45) is 0 Å². The average molecular weight is 271 g/mol. The Labute approximate surface area is 117 Å². The monoisotopic (exact) mass is 271 g/mol. The van der Waals surface area contributed by atoms with Gasteiger partial charge in [-0.05, 0) is 19.1 Å². The third-order valence-corrected chi connectivity index (χ3v) is 3.57. The molecule has 0 N–H and O–H groups in total. The average Bonchev–Trinajstić information content (AvgIpc) is 3.02. The van der Waals surface area contributed by atoms with Crippen LogP contribution in [0.4, 0.5) is 10.5 Å². The van der Waals surface area contributed by atoms with E-state index in [4.69, 9.17) is 0 Å². The van der Waals surface area contributed by atoms with E-state index in [0.717, 1.165) is 13.1 Å². The third-order valence-electron chi connectivity index (χ3n) is 3.57. The Kier molecular flexibility index (Phi) is 3.37. The predicted molar refractivity (Wildman–Crippen MR) is 75.8 cm³/mol. The lowest BCUT2D eigenvalue weighted by Gasteiger charge is -2.35. The number of rotatable bonds is 1. The standard InChI is InChI=1S/C14H17N5O/c1-12-2-4-13(5-3-12)17-8-10-18(11-9-17)14(20)19-7-6-15-16-19/h2-7H,8-11H2,1H3. The molecule has 6 heteroatoms. The molecule has 0 radical (unpaired) electrons. The van der Waals surface area contributed by atoms with Crippen molar-refractivity contribution < 1.29 is 4.79 Å². The first-order valence-electron chi connectivity index (χ1n) is 6.71. The zero-order chi connectivity index (χ0) is 13.9. The van der Waals surface area contributed by atoms with Gasteiger partial charge in [0.2, 0.25) is 0 Å². The Bertz CT molecular complexity index is 570. The summed E-state index contributed by atoms with van der Waals surface area (Å²) >= 11 is 0. The molecular weight excluding hydrogens is 254 g/mol. The van der Waals surface area contributed by atoms with E-state index < -0.39 is 0 Å². The number of carbonyl (C=O) groups excluding carboxylic acids is 1. The summed E-state index contributed by atoms with van der Waals surface area (Å²) in [6.45, 7) is 5.16. The second kappa shape index (κ2) is 5.32. The van der Waals surface area contributed by atoms with Gasteiger partial charge in [0, 0.05) is 31.9 Å². The second-order valence-electron chi connectivity index (χ2n) is 4.94. The van der Waals surface area contributed by atoms with Crippen molar-refractivity contribution in [2.45, 2.75) is 6.92 Å². The maximum atomic E-state index is 12.1. The summed E-state index contributed by atoms with van der Waals surface area (Å²) in [6.07, 6.45) is 3.09. The van der Waals surface area contributed by atoms with Gasteiger partial charge < -0.3 is 9.80 Å². The van der Waals surface area contributed by atoms with Gasteiger partial charge in [0.1, 0.15) is 0 Å². The first-order valence-corrected chi connectivity index (χ1v) is 6.71. The van der Waals surface area contributed by atoms with Crippen LogP contribution in [0.1, 0.15) is 5.56 Å². The summed E-state index contributed by atoms with van der Waals surface area (Å²) in [5.74, 6) is 0. The summed E-state index contributed by atoms with van der Waals surface area (Å²) < 4.78 is 1.28. The van der Waals surface area contributed by atoms with Crippen molar-refractivity contribution in [1.82, 2.24) is 19.9 Å². The van der Waals surface area contributed by atoms with Crippen LogP contribution in [0.15, 0.2) is 36.7 Å². The molecular formula is C14H17N5O. The molecule has 0 unspecified atom stereocenters. The highest BCUT2D eigenvalue weighted by atomic mass is 16.2.